The van der Waals surface area contributed by atoms with E-state index < -0.39 is 0 Å². The van der Waals surface area contributed by atoms with Crippen LogP contribution in [0.25, 0.3) is 0 Å². The first-order valence-electron chi connectivity index (χ1n) is 3.41. The molecule has 0 saturated carbocycles. The molecule has 0 spiro atoms. The predicted octanol–water partition coefficient (Wildman–Crippen LogP) is 2.13. The normalized spacial score (nSPS) is 26.2. The van der Waals surface area contributed by atoms with Gasteiger partial charge in [-0.2, -0.15) is 0 Å². The minimum atomic E-state index is 0.0509. The Morgan fingerprint density at radius 2 is 2.22 bits per heavy atom. The monoisotopic (exact) mass is 126 g/mol. The van der Waals surface area contributed by atoms with Crippen LogP contribution in [-0.2, 0) is 4.74 Å². The third-order valence-corrected chi connectivity index (χ3v) is 1.62. The van der Waals surface area contributed by atoms with Gasteiger partial charge in [-0.15, -0.1) is 0 Å². The second kappa shape index (κ2) is 2.14. The van der Waals surface area contributed by atoms with E-state index in [1.54, 1.807) is 0 Å². The van der Waals surface area contributed by atoms with E-state index in [-0.39, 0.29) is 5.60 Å². The van der Waals surface area contributed by atoms with E-state index in [9.17, 15) is 0 Å². The molecule has 1 fully saturated rings. The SMILES string of the molecule is C=C1CCOC(C)(C)C1. The quantitative estimate of drug-likeness (QED) is 0.452. The van der Waals surface area contributed by atoms with Gasteiger partial charge < -0.3 is 4.74 Å². The zero-order valence-corrected chi connectivity index (χ0v) is 6.24. The molecule has 1 heterocycles. The molecule has 0 radical (unpaired) electrons. The highest BCUT2D eigenvalue weighted by Gasteiger charge is 2.23. The van der Waals surface area contributed by atoms with E-state index in [1.165, 1.54) is 5.57 Å². The molecule has 0 aromatic rings. The van der Waals surface area contributed by atoms with Crippen molar-refractivity contribution in [3.63, 3.8) is 0 Å². The van der Waals surface area contributed by atoms with Crippen LogP contribution in [0.15, 0.2) is 12.2 Å². The fraction of sp³-hybridized carbons (Fsp3) is 0.750. The van der Waals surface area contributed by atoms with Crippen molar-refractivity contribution in [2.75, 3.05) is 6.61 Å². The summed E-state index contributed by atoms with van der Waals surface area (Å²) in [4.78, 5) is 0. The molecular formula is C8H14O. The summed E-state index contributed by atoms with van der Waals surface area (Å²) in [6, 6.07) is 0. The van der Waals surface area contributed by atoms with Gasteiger partial charge >= 0.3 is 0 Å². The predicted molar refractivity (Wildman–Crippen MR) is 38.4 cm³/mol. The molecule has 1 aliphatic rings. The molecule has 0 bridgehead atoms. The first-order chi connectivity index (χ1) is 4.10. The van der Waals surface area contributed by atoms with E-state index in [1.807, 2.05) is 0 Å². The van der Waals surface area contributed by atoms with Gasteiger partial charge in [-0.1, -0.05) is 12.2 Å². The Balaban J connectivity index is 2.51. The van der Waals surface area contributed by atoms with Crippen LogP contribution in [0.4, 0.5) is 0 Å². The van der Waals surface area contributed by atoms with Gasteiger partial charge in [0.2, 0.25) is 0 Å². The fourth-order valence-electron chi connectivity index (χ4n) is 1.21. The highest BCUT2D eigenvalue weighted by Crippen LogP contribution is 2.26. The second-order valence-corrected chi connectivity index (χ2v) is 3.28. The zero-order valence-electron chi connectivity index (χ0n) is 6.24. The van der Waals surface area contributed by atoms with Gasteiger partial charge in [0, 0.05) is 0 Å². The van der Waals surface area contributed by atoms with Crippen LogP contribution >= 0.6 is 0 Å². The topological polar surface area (TPSA) is 9.23 Å². The third kappa shape index (κ3) is 1.83. The van der Waals surface area contributed by atoms with Gasteiger partial charge in [0.1, 0.15) is 0 Å². The third-order valence-electron chi connectivity index (χ3n) is 1.62. The highest BCUT2D eigenvalue weighted by atomic mass is 16.5. The first kappa shape index (κ1) is 6.81. The van der Waals surface area contributed by atoms with Crippen molar-refractivity contribution in [3.8, 4) is 0 Å². The standard InChI is InChI=1S/C8H14O/c1-7-4-5-9-8(2,3)6-7/h1,4-6H2,2-3H3. The maximum atomic E-state index is 5.47. The van der Waals surface area contributed by atoms with Crippen molar-refractivity contribution in [1.82, 2.24) is 0 Å². The average molecular weight is 126 g/mol. The maximum absolute atomic E-state index is 5.47. The molecule has 1 aliphatic heterocycles. The van der Waals surface area contributed by atoms with Crippen molar-refractivity contribution >= 4 is 0 Å². The highest BCUT2D eigenvalue weighted by molar-refractivity contribution is 5.02. The summed E-state index contributed by atoms with van der Waals surface area (Å²) < 4.78 is 5.47. The van der Waals surface area contributed by atoms with E-state index in [0.29, 0.717) is 0 Å². The Morgan fingerprint density at radius 3 is 2.56 bits per heavy atom. The first-order valence-corrected chi connectivity index (χ1v) is 3.41. The lowest BCUT2D eigenvalue weighted by Gasteiger charge is -2.31. The Labute approximate surface area is 56.7 Å². The summed E-state index contributed by atoms with van der Waals surface area (Å²) in [6.45, 7) is 9.00. The summed E-state index contributed by atoms with van der Waals surface area (Å²) >= 11 is 0. The van der Waals surface area contributed by atoms with Crippen LogP contribution < -0.4 is 0 Å². The van der Waals surface area contributed by atoms with Gasteiger partial charge in [0.15, 0.2) is 0 Å². The van der Waals surface area contributed by atoms with Crippen LogP contribution in [0.2, 0.25) is 0 Å². The number of hydrogen-bond acceptors (Lipinski definition) is 1. The van der Waals surface area contributed by atoms with Crippen LogP contribution in [0.5, 0.6) is 0 Å². The number of hydrogen-bond donors (Lipinski definition) is 0. The van der Waals surface area contributed by atoms with Gasteiger partial charge in [-0.05, 0) is 26.7 Å². The molecule has 0 atom stereocenters. The molecule has 1 heteroatoms. The Kier molecular flexibility index (Phi) is 1.62. The lowest BCUT2D eigenvalue weighted by atomic mass is 9.95. The average Bonchev–Trinajstić information content (AvgIpc) is 1.60. The van der Waals surface area contributed by atoms with Crippen LogP contribution in [0.3, 0.4) is 0 Å². The van der Waals surface area contributed by atoms with E-state index in [2.05, 4.69) is 20.4 Å². The minimum absolute atomic E-state index is 0.0509. The van der Waals surface area contributed by atoms with Crippen molar-refractivity contribution in [3.05, 3.63) is 12.2 Å². The van der Waals surface area contributed by atoms with Crippen molar-refractivity contribution in [2.45, 2.75) is 32.3 Å². The van der Waals surface area contributed by atoms with Crippen LogP contribution in [0, 0.1) is 0 Å². The molecule has 0 amide bonds. The molecule has 9 heavy (non-hydrogen) atoms. The van der Waals surface area contributed by atoms with Gasteiger partial charge in [-0.3, -0.25) is 0 Å². The number of ether oxygens (including phenoxy) is 1. The Hall–Kier alpha value is -0.300. The second-order valence-electron chi connectivity index (χ2n) is 3.28. The summed E-state index contributed by atoms with van der Waals surface area (Å²) in [5.41, 5.74) is 1.38. The van der Waals surface area contributed by atoms with Gasteiger partial charge in [0.25, 0.3) is 0 Å². The molecule has 0 N–H and O–H groups in total. The number of rotatable bonds is 0. The van der Waals surface area contributed by atoms with Gasteiger partial charge in [-0.25, -0.2) is 0 Å². The Bertz CT molecular complexity index is 125. The fourth-order valence-corrected chi connectivity index (χ4v) is 1.21. The molecule has 1 saturated heterocycles. The van der Waals surface area contributed by atoms with E-state index >= 15 is 0 Å². The summed E-state index contributed by atoms with van der Waals surface area (Å²) in [5, 5.41) is 0. The zero-order chi connectivity index (χ0) is 6.91. The summed E-state index contributed by atoms with van der Waals surface area (Å²) in [5.74, 6) is 0. The molecule has 0 aromatic heterocycles. The maximum Gasteiger partial charge on any atom is 0.0663 e. The summed E-state index contributed by atoms with van der Waals surface area (Å²) in [6.07, 6.45) is 2.07. The molecule has 1 rings (SSSR count). The molecule has 1 nitrogen and oxygen atoms in total. The molecule has 0 unspecified atom stereocenters. The lowest BCUT2D eigenvalue weighted by Crippen LogP contribution is -2.29. The lowest BCUT2D eigenvalue weighted by molar-refractivity contribution is -0.0330. The minimum Gasteiger partial charge on any atom is -0.375 e. The van der Waals surface area contributed by atoms with E-state index in [0.717, 1.165) is 19.4 Å². The molecule has 0 aliphatic carbocycles. The van der Waals surface area contributed by atoms with Crippen molar-refractivity contribution in [2.24, 2.45) is 0 Å². The molecule has 52 valence electrons. The van der Waals surface area contributed by atoms with Crippen LogP contribution in [-0.4, -0.2) is 12.2 Å². The van der Waals surface area contributed by atoms with Crippen molar-refractivity contribution in [1.29, 1.82) is 0 Å². The smallest absolute Gasteiger partial charge is 0.0663 e. The largest absolute Gasteiger partial charge is 0.375 e. The molecule has 0 aromatic carbocycles. The van der Waals surface area contributed by atoms with E-state index in [4.69, 9.17) is 4.74 Å². The van der Waals surface area contributed by atoms with Crippen molar-refractivity contribution < 1.29 is 4.74 Å². The van der Waals surface area contributed by atoms with Gasteiger partial charge in [0.05, 0.1) is 12.2 Å². The Morgan fingerprint density at radius 1 is 1.56 bits per heavy atom. The molecular weight excluding hydrogens is 112 g/mol. The summed E-state index contributed by atoms with van der Waals surface area (Å²) in [7, 11) is 0. The van der Waals surface area contributed by atoms with Crippen LogP contribution in [0.1, 0.15) is 26.7 Å².